The Kier molecular flexibility index (Phi) is 10.2. The number of benzene rings is 2. The quantitative estimate of drug-likeness (QED) is 0.503. The molecular weight excluding hydrogens is 370 g/mol. The summed E-state index contributed by atoms with van der Waals surface area (Å²) in [5.74, 6) is 0.214. The Hall–Kier alpha value is -1.76. The normalized spacial score (nSPS) is 10.5. The lowest BCUT2D eigenvalue weighted by Crippen LogP contribution is -1.91. The van der Waals surface area contributed by atoms with Gasteiger partial charge in [0.15, 0.2) is 0 Å². The molecule has 25 heavy (non-hydrogen) atoms. The Bertz CT molecular complexity index is 728. The van der Waals surface area contributed by atoms with Gasteiger partial charge < -0.3 is 19.2 Å². The fourth-order valence-electron chi connectivity index (χ4n) is 1.38. The van der Waals surface area contributed by atoms with E-state index >= 15 is 0 Å². The third kappa shape index (κ3) is 15.5. The molecule has 10 heteroatoms. The Balaban J connectivity index is 0.000000382. The summed E-state index contributed by atoms with van der Waals surface area (Å²) in [7, 11) is -9.05. The van der Waals surface area contributed by atoms with Gasteiger partial charge in [-0.05, 0) is 24.1 Å². The molecule has 5 N–H and O–H groups in total. The molecule has 0 aliphatic carbocycles. The standard InChI is InChI=1S/C8H8.C7H9O4P.H3O4P/c1-2-8-6-4-3-5-7-8;1-6-4-2-3-5-7(6)11-12(8,9)10;1-5(2,3)4/h2-7H,1H2;2-5H,1H3,(H2,8,9,10);(H3,1,2,3,4). The number of hydrogen-bond donors (Lipinski definition) is 5. The number of aryl methyl sites for hydroxylation is 1. The van der Waals surface area contributed by atoms with Crippen molar-refractivity contribution in [2.24, 2.45) is 0 Å². The van der Waals surface area contributed by atoms with E-state index in [1.807, 2.05) is 36.4 Å². The first-order chi connectivity index (χ1) is 11.4. The summed E-state index contributed by atoms with van der Waals surface area (Å²) < 4.78 is 23.7. The molecule has 0 aliphatic rings. The number of hydrogen-bond acceptors (Lipinski definition) is 3. The molecule has 0 heterocycles. The zero-order chi connectivity index (χ0) is 19.5. The van der Waals surface area contributed by atoms with Crippen LogP contribution in [0.4, 0.5) is 0 Å². The monoisotopic (exact) mass is 390 g/mol. The summed E-state index contributed by atoms with van der Waals surface area (Å²) in [4.78, 5) is 38.5. The van der Waals surface area contributed by atoms with Gasteiger partial charge >= 0.3 is 15.6 Å². The summed E-state index contributed by atoms with van der Waals surface area (Å²) in [5.41, 5.74) is 1.87. The van der Waals surface area contributed by atoms with E-state index in [2.05, 4.69) is 11.1 Å². The molecule has 0 aliphatic heterocycles. The van der Waals surface area contributed by atoms with E-state index in [9.17, 15) is 4.57 Å². The minimum atomic E-state index is -4.64. The Morgan fingerprint density at radius 1 is 0.880 bits per heavy atom. The van der Waals surface area contributed by atoms with Crippen molar-refractivity contribution in [3.05, 3.63) is 72.3 Å². The SMILES string of the molecule is C=Cc1ccccc1.Cc1ccccc1OP(=O)(O)O.O=P(O)(O)O. The third-order valence-corrected chi connectivity index (χ3v) is 2.78. The van der Waals surface area contributed by atoms with Gasteiger partial charge in [-0.15, -0.1) is 0 Å². The molecule has 0 amide bonds. The van der Waals surface area contributed by atoms with Gasteiger partial charge in [0.05, 0.1) is 0 Å². The van der Waals surface area contributed by atoms with E-state index in [1.165, 1.54) is 11.6 Å². The zero-order valence-electron chi connectivity index (χ0n) is 13.3. The molecule has 0 bridgehead atoms. The maximum absolute atomic E-state index is 10.4. The van der Waals surface area contributed by atoms with Crippen molar-refractivity contribution in [1.29, 1.82) is 0 Å². The number of para-hydroxylation sites is 1. The number of phosphoric acid groups is 2. The highest BCUT2D eigenvalue weighted by atomic mass is 31.2. The maximum atomic E-state index is 10.4. The molecule has 0 saturated heterocycles. The van der Waals surface area contributed by atoms with Gasteiger partial charge in [-0.2, -0.15) is 0 Å². The molecule has 2 aromatic rings. The number of phosphoric ester groups is 1. The average Bonchev–Trinajstić information content (AvgIpc) is 2.48. The predicted octanol–water partition coefficient (Wildman–Crippen LogP) is 2.87. The van der Waals surface area contributed by atoms with Crippen LogP contribution in [0.5, 0.6) is 5.75 Å². The second-order valence-corrected chi connectivity index (χ2v) is 6.67. The highest BCUT2D eigenvalue weighted by Crippen LogP contribution is 2.38. The van der Waals surface area contributed by atoms with Crippen LogP contribution < -0.4 is 4.52 Å². The van der Waals surface area contributed by atoms with Crippen LogP contribution >= 0.6 is 15.6 Å². The summed E-state index contributed by atoms with van der Waals surface area (Å²) in [5, 5.41) is 0. The van der Waals surface area contributed by atoms with Crippen LogP contribution in [0.3, 0.4) is 0 Å². The lowest BCUT2D eigenvalue weighted by molar-refractivity contribution is 0.274. The topological polar surface area (TPSA) is 145 Å². The van der Waals surface area contributed by atoms with Gasteiger partial charge in [0.2, 0.25) is 0 Å². The maximum Gasteiger partial charge on any atom is 0.524 e. The van der Waals surface area contributed by atoms with Crippen LogP contribution in [0.2, 0.25) is 0 Å². The first-order valence-electron chi connectivity index (χ1n) is 6.69. The second-order valence-electron chi connectivity index (χ2n) is 4.48. The lowest BCUT2D eigenvalue weighted by atomic mass is 10.2. The van der Waals surface area contributed by atoms with Crippen molar-refractivity contribution in [3.8, 4) is 5.75 Å². The zero-order valence-corrected chi connectivity index (χ0v) is 15.1. The highest BCUT2D eigenvalue weighted by Gasteiger charge is 2.16. The summed E-state index contributed by atoms with van der Waals surface area (Å²) in [6, 6.07) is 16.7. The Morgan fingerprint density at radius 2 is 1.32 bits per heavy atom. The van der Waals surface area contributed by atoms with Crippen molar-refractivity contribution >= 4 is 21.7 Å². The summed E-state index contributed by atoms with van der Waals surface area (Å²) >= 11 is 0. The minimum Gasteiger partial charge on any atom is -0.404 e. The minimum absolute atomic E-state index is 0.214. The fourth-order valence-corrected chi connectivity index (χ4v) is 1.84. The van der Waals surface area contributed by atoms with Crippen molar-refractivity contribution in [3.63, 3.8) is 0 Å². The molecule has 0 atom stereocenters. The summed E-state index contributed by atoms with van der Waals surface area (Å²) in [6.45, 7) is 5.34. The van der Waals surface area contributed by atoms with Gasteiger partial charge in [-0.25, -0.2) is 9.13 Å². The van der Waals surface area contributed by atoms with Gasteiger partial charge in [0.1, 0.15) is 5.75 Å². The molecule has 8 nitrogen and oxygen atoms in total. The Labute approximate surface area is 145 Å². The van der Waals surface area contributed by atoms with Crippen LogP contribution in [0.15, 0.2) is 61.2 Å². The fraction of sp³-hybridized carbons (Fsp3) is 0.0667. The molecule has 0 unspecified atom stereocenters. The number of rotatable bonds is 3. The van der Waals surface area contributed by atoms with E-state index in [0.717, 1.165) is 0 Å². The van der Waals surface area contributed by atoms with Crippen LogP contribution in [0, 0.1) is 6.92 Å². The molecule has 0 fully saturated rings. The van der Waals surface area contributed by atoms with Crippen molar-refractivity contribution < 1.29 is 38.1 Å². The molecule has 0 radical (unpaired) electrons. The molecule has 0 saturated carbocycles. The predicted molar refractivity (Wildman–Crippen MR) is 94.6 cm³/mol. The first-order valence-corrected chi connectivity index (χ1v) is 9.78. The lowest BCUT2D eigenvalue weighted by Gasteiger charge is -2.08. The third-order valence-electron chi connectivity index (χ3n) is 2.35. The van der Waals surface area contributed by atoms with Gasteiger partial charge in [-0.1, -0.05) is 61.2 Å². The van der Waals surface area contributed by atoms with Gasteiger partial charge in [0, 0.05) is 0 Å². The van der Waals surface area contributed by atoms with Crippen LogP contribution in [0.25, 0.3) is 6.08 Å². The Morgan fingerprint density at radius 3 is 1.68 bits per heavy atom. The average molecular weight is 390 g/mol. The summed E-state index contributed by atoms with van der Waals surface area (Å²) in [6.07, 6.45) is 1.83. The molecular formula is C15H20O8P2. The molecule has 138 valence electrons. The van der Waals surface area contributed by atoms with E-state index < -0.39 is 15.6 Å². The van der Waals surface area contributed by atoms with Crippen LogP contribution in [-0.4, -0.2) is 24.5 Å². The molecule has 2 aromatic carbocycles. The van der Waals surface area contributed by atoms with Crippen LogP contribution in [0.1, 0.15) is 11.1 Å². The van der Waals surface area contributed by atoms with Gasteiger partial charge in [-0.3, -0.25) is 9.79 Å². The van der Waals surface area contributed by atoms with Crippen LogP contribution in [-0.2, 0) is 9.13 Å². The smallest absolute Gasteiger partial charge is 0.404 e. The first kappa shape index (κ1) is 23.2. The molecule has 2 rings (SSSR count). The molecule has 0 aromatic heterocycles. The largest absolute Gasteiger partial charge is 0.524 e. The molecule has 0 spiro atoms. The second kappa shape index (κ2) is 11.0. The van der Waals surface area contributed by atoms with E-state index in [-0.39, 0.29) is 5.75 Å². The van der Waals surface area contributed by atoms with Crippen molar-refractivity contribution in [2.45, 2.75) is 6.92 Å². The van der Waals surface area contributed by atoms with E-state index in [1.54, 1.807) is 25.1 Å². The highest BCUT2D eigenvalue weighted by molar-refractivity contribution is 7.46. The van der Waals surface area contributed by atoms with E-state index in [4.69, 9.17) is 29.0 Å². The van der Waals surface area contributed by atoms with Gasteiger partial charge in [0.25, 0.3) is 0 Å². The van der Waals surface area contributed by atoms with Crippen molar-refractivity contribution in [1.82, 2.24) is 0 Å². The van der Waals surface area contributed by atoms with Crippen molar-refractivity contribution in [2.75, 3.05) is 0 Å². The van der Waals surface area contributed by atoms with E-state index in [0.29, 0.717) is 5.56 Å².